The van der Waals surface area contributed by atoms with Crippen LogP contribution in [0.2, 0.25) is 0 Å². The van der Waals surface area contributed by atoms with Crippen LogP contribution in [0.4, 0.5) is 5.13 Å². The van der Waals surface area contributed by atoms with Gasteiger partial charge in [-0.1, -0.05) is 49.3 Å². The number of aromatic nitrogens is 4. The normalized spacial score (nSPS) is 10.9. The zero-order valence-electron chi connectivity index (χ0n) is 15.4. The molecule has 0 fully saturated rings. The number of hydrogen-bond acceptors (Lipinski definition) is 7. The molecule has 0 bridgehead atoms. The van der Waals surface area contributed by atoms with Gasteiger partial charge in [-0.15, -0.1) is 20.4 Å². The number of carbonyl (C=O) groups is 1. The maximum atomic E-state index is 12.1. The van der Waals surface area contributed by atoms with Crippen molar-refractivity contribution in [3.63, 3.8) is 0 Å². The van der Waals surface area contributed by atoms with Gasteiger partial charge in [-0.05, 0) is 25.0 Å². The lowest BCUT2D eigenvalue weighted by Gasteiger charge is -1.99. The van der Waals surface area contributed by atoms with E-state index in [1.807, 2.05) is 30.3 Å². The van der Waals surface area contributed by atoms with Crippen molar-refractivity contribution >= 4 is 22.4 Å². The first kappa shape index (κ1) is 19.2. The Kier molecular flexibility index (Phi) is 7.04. The number of unbranched alkanes of at least 4 members (excludes halogenated alkanes) is 2. The van der Waals surface area contributed by atoms with Crippen LogP contribution in [0.25, 0.3) is 11.5 Å². The first-order valence-electron chi connectivity index (χ1n) is 9.24. The number of hydrogen-bond donors (Lipinski definition) is 1. The summed E-state index contributed by atoms with van der Waals surface area (Å²) in [5.41, 5.74) is 0.889. The average molecular weight is 385 g/mol. The monoisotopic (exact) mass is 385 g/mol. The molecule has 0 spiro atoms. The molecule has 0 unspecified atom stereocenters. The van der Waals surface area contributed by atoms with Crippen LogP contribution >= 0.6 is 11.3 Å². The van der Waals surface area contributed by atoms with E-state index in [2.05, 4.69) is 32.6 Å². The number of benzene rings is 1. The number of rotatable bonds is 10. The largest absolute Gasteiger partial charge is 0.421 e. The average Bonchev–Trinajstić information content (AvgIpc) is 3.32. The molecule has 142 valence electrons. The first-order chi connectivity index (χ1) is 13.2. The van der Waals surface area contributed by atoms with E-state index in [1.54, 1.807) is 0 Å². The number of anilines is 1. The molecule has 2 aromatic heterocycles. The molecule has 1 N–H and O–H groups in total. The Morgan fingerprint density at radius 2 is 1.89 bits per heavy atom. The molecule has 0 radical (unpaired) electrons. The van der Waals surface area contributed by atoms with Gasteiger partial charge in [0.1, 0.15) is 5.01 Å². The van der Waals surface area contributed by atoms with Crippen LogP contribution in [0.1, 0.15) is 49.9 Å². The maximum Gasteiger partial charge on any atom is 0.247 e. The van der Waals surface area contributed by atoms with Crippen LogP contribution in [0.15, 0.2) is 34.7 Å². The minimum absolute atomic E-state index is 0.0749. The summed E-state index contributed by atoms with van der Waals surface area (Å²) in [4.78, 5) is 12.1. The molecule has 27 heavy (non-hydrogen) atoms. The lowest BCUT2D eigenvalue weighted by atomic mass is 10.2. The molecule has 0 atom stereocenters. The third kappa shape index (κ3) is 5.96. The molecule has 1 aromatic carbocycles. The van der Waals surface area contributed by atoms with Crippen LogP contribution in [0.3, 0.4) is 0 Å². The quantitative estimate of drug-likeness (QED) is 0.524. The summed E-state index contributed by atoms with van der Waals surface area (Å²) in [6.45, 7) is 2.17. The van der Waals surface area contributed by atoms with Crippen molar-refractivity contribution in [1.82, 2.24) is 20.4 Å². The summed E-state index contributed by atoms with van der Waals surface area (Å²) in [5, 5.41) is 20.6. The summed E-state index contributed by atoms with van der Waals surface area (Å²) in [7, 11) is 0. The van der Waals surface area contributed by atoms with Crippen molar-refractivity contribution < 1.29 is 9.21 Å². The molecular weight excluding hydrogens is 362 g/mol. The highest BCUT2D eigenvalue weighted by Gasteiger charge is 2.11. The fourth-order valence-corrected chi connectivity index (χ4v) is 3.36. The Morgan fingerprint density at radius 3 is 2.70 bits per heavy atom. The molecule has 0 aliphatic carbocycles. The van der Waals surface area contributed by atoms with Crippen molar-refractivity contribution in [1.29, 1.82) is 0 Å². The second-order valence-electron chi connectivity index (χ2n) is 6.23. The molecular formula is C19H23N5O2S. The molecule has 3 aromatic rings. The van der Waals surface area contributed by atoms with Gasteiger partial charge in [0.25, 0.3) is 0 Å². The number of amides is 1. The summed E-state index contributed by atoms with van der Waals surface area (Å²) in [6.07, 6.45) is 5.94. The van der Waals surface area contributed by atoms with Crippen LogP contribution in [-0.2, 0) is 17.6 Å². The predicted molar refractivity (Wildman–Crippen MR) is 104 cm³/mol. The van der Waals surface area contributed by atoms with Gasteiger partial charge in [0, 0.05) is 24.8 Å². The van der Waals surface area contributed by atoms with Crippen molar-refractivity contribution in [3.8, 4) is 11.5 Å². The lowest BCUT2D eigenvalue weighted by molar-refractivity contribution is -0.116. The van der Waals surface area contributed by atoms with Gasteiger partial charge < -0.3 is 9.73 Å². The minimum atomic E-state index is -0.0749. The first-order valence-corrected chi connectivity index (χ1v) is 10.1. The molecule has 0 aliphatic heterocycles. The van der Waals surface area contributed by atoms with Crippen LogP contribution < -0.4 is 5.32 Å². The summed E-state index contributed by atoms with van der Waals surface area (Å²) < 4.78 is 5.65. The highest BCUT2D eigenvalue weighted by atomic mass is 32.1. The molecule has 2 heterocycles. The Bertz CT molecular complexity index is 847. The highest BCUT2D eigenvalue weighted by molar-refractivity contribution is 7.15. The zero-order valence-corrected chi connectivity index (χ0v) is 16.2. The second kappa shape index (κ2) is 9.91. The number of carbonyl (C=O) groups excluding carboxylic acids is 1. The second-order valence-corrected chi connectivity index (χ2v) is 7.29. The SMILES string of the molecule is CCCCCc1nnc(NC(=O)CCCc2nnc(-c3ccccc3)o2)s1. The summed E-state index contributed by atoms with van der Waals surface area (Å²) >= 11 is 1.45. The third-order valence-corrected chi connectivity index (χ3v) is 4.89. The molecule has 0 saturated heterocycles. The van der Waals surface area contributed by atoms with Crippen LogP contribution in [0.5, 0.6) is 0 Å². The Morgan fingerprint density at radius 1 is 1.04 bits per heavy atom. The minimum Gasteiger partial charge on any atom is -0.421 e. The topological polar surface area (TPSA) is 93.8 Å². The smallest absolute Gasteiger partial charge is 0.247 e. The standard InChI is InChI=1S/C19H23N5O2S/c1-2-3-5-13-17-22-24-19(27-17)20-15(25)11-8-12-16-21-23-18(26-16)14-9-6-4-7-10-14/h4,6-7,9-10H,2-3,5,8,11-13H2,1H3,(H,20,24,25). The van der Waals surface area contributed by atoms with Crippen LogP contribution in [0, 0.1) is 0 Å². The van der Waals surface area contributed by atoms with Gasteiger partial charge in [-0.3, -0.25) is 4.79 Å². The lowest BCUT2D eigenvalue weighted by Crippen LogP contribution is -2.11. The maximum absolute atomic E-state index is 12.1. The van der Waals surface area contributed by atoms with E-state index in [0.717, 1.165) is 23.4 Å². The van der Waals surface area contributed by atoms with E-state index in [9.17, 15) is 4.79 Å². The summed E-state index contributed by atoms with van der Waals surface area (Å²) in [5.74, 6) is 0.962. The molecule has 3 rings (SSSR count). The van der Waals surface area contributed by atoms with Crippen molar-refractivity contribution in [2.24, 2.45) is 0 Å². The highest BCUT2D eigenvalue weighted by Crippen LogP contribution is 2.19. The van der Waals surface area contributed by atoms with E-state index in [-0.39, 0.29) is 5.91 Å². The van der Waals surface area contributed by atoms with Crippen LogP contribution in [-0.4, -0.2) is 26.3 Å². The fraction of sp³-hybridized carbons (Fsp3) is 0.421. The van der Waals surface area contributed by atoms with Gasteiger partial charge in [-0.2, -0.15) is 0 Å². The summed E-state index contributed by atoms with van der Waals surface area (Å²) in [6, 6.07) is 9.62. The number of nitrogens with one attached hydrogen (secondary N) is 1. The van der Waals surface area contributed by atoms with Crippen molar-refractivity contribution in [2.75, 3.05) is 5.32 Å². The van der Waals surface area contributed by atoms with Gasteiger partial charge in [0.2, 0.25) is 22.8 Å². The van der Waals surface area contributed by atoms with Gasteiger partial charge in [-0.25, -0.2) is 0 Å². The molecule has 1 amide bonds. The number of aryl methyl sites for hydroxylation is 2. The van der Waals surface area contributed by atoms with Crippen molar-refractivity contribution in [2.45, 2.75) is 51.9 Å². The van der Waals surface area contributed by atoms with E-state index in [4.69, 9.17) is 4.42 Å². The Hall–Kier alpha value is -2.61. The Balaban J connectivity index is 1.40. The van der Waals surface area contributed by atoms with Gasteiger partial charge in [0.05, 0.1) is 0 Å². The van der Waals surface area contributed by atoms with E-state index >= 15 is 0 Å². The predicted octanol–water partition coefficient (Wildman–Crippen LogP) is 4.28. The van der Waals surface area contributed by atoms with E-state index < -0.39 is 0 Å². The molecule has 0 saturated carbocycles. The number of nitrogens with zero attached hydrogens (tertiary/aromatic N) is 4. The molecule has 0 aliphatic rings. The third-order valence-electron chi connectivity index (χ3n) is 3.99. The van der Waals surface area contributed by atoms with Gasteiger partial charge >= 0.3 is 0 Å². The van der Waals surface area contributed by atoms with Crippen molar-refractivity contribution in [3.05, 3.63) is 41.2 Å². The van der Waals surface area contributed by atoms with E-state index in [1.165, 1.54) is 24.2 Å². The van der Waals surface area contributed by atoms with Gasteiger partial charge in [0.15, 0.2) is 0 Å². The zero-order chi connectivity index (χ0) is 18.9. The van der Waals surface area contributed by atoms with E-state index in [0.29, 0.717) is 36.2 Å². The molecule has 8 heteroatoms. The molecule has 7 nitrogen and oxygen atoms in total. The fourth-order valence-electron chi connectivity index (χ4n) is 2.57. The Labute approximate surface area is 162 Å².